The molecule has 0 aliphatic rings. The van der Waals surface area contributed by atoms with Crippen molar-refractivity contribution in [2.24, 2.45) is 0 Å². The van der Waals surface area contributed by atoms with Gasteiger partial charge in [0.15, 0.2) is 0 Å². The molecule has 0 bridgehead atoms. The molecule has 7 nitrogen and oxygen atoms in total. The van der Waals surface area contributed by atoms with Gasteiger partial charge in [0, 0.05) is 19.0 Å². The number of carbonyl (C=O) groups is 2. The summed E-state index contributed by atoms with van der Waals surface area (Å²) in [6.45, 7) is 5.45. The molecule has 4 aromatic carbocycles. The van der Waals surface area contributed by atoms with Crippen LogP contribution in [0, 0.1) is 6.92 Å². The summed E-state index contributed by atoms with van der Waals surface area (Å²) in [5, 5.41) is 3.05. The highest BCUT2D eigenvalue weighted by Crippen LogP contribution is 2.25. The van der Waals surface area contributed by atoms with Crippen LogP contribution in [0.4, 0.5) is 5.69 Å². The van der Waals surface area contributed by atoms with Gasteiger partial charge in [0.25, 0.3) is 10.0 Å². The molecule has 2 amide bonds. The van der Waals surface area contributed by atoms with Gasteiger partial charge in [-0.15, -0.1) is 0 Å². The van der Waals surface area contributed by atoms with E-state index >= 15 is 0 Å². The minimum absolute atomic E-state index is 0.0831. The van der Waals surface area contributed by atoms with Crippen molar-refractivity contribution in [3.05, 3.63) is 132 Å². The smallest absolute Gasteiger partial charge is 0.264 e. The van der Waals surface area contributed by atoms with Gasteiger partial charge < -0.3 is 10.2 Å². The highest BCUT2D eigenvalue weighted by Gasteiger charge is 2.34. The number of benzene rings is 4. The zero-order chi connectivity index (χ0) is 30.8. The van der Waals surface area contributed by atoms with Crippen molar-refractivity contribution in [1.82, 2.24) is 10.2 Å². The molecule has 0 aromatic heterocycles. The summed E-state index contributed by atoms with van der Waals surface area (Å²) in [6.07, 6.45) is 1.00. The zero-order valence-corrected chi connectivity index (χ0v) is 25.7. The maximum absolute atomic E-state index is 14.4. The van der Waals surface area contributed by atoms with Gasteiger partial charge in [-0.25, -0.2) is 8.42 Å². The third-order valence-corrected chi connectivity index (χ3v) is 9.19. The van der Waals surface area contributed by atoms with Crippen molar-refractivity contribution >= 4 is 27.5 Å². The number of hydrogen-bond donors (Lipinski definition) is 1. The van der Waals surface area contributed by atoms with E-state index in [0.29, 0.717) is 5.69 Å². The minimum atomic E-state index is -4.11. The van der Waals surface area contributed by atoms with Gasteiger partial charge in [0.05, 0.1) is 10.6 Å². The lowest BCUT2D eigenvalue weighted by atomic mass is 10.0. The molecule has 0 fully saturated rings. The number of amides is 2. The molecule has 0 aliphatic carbocycles. The molecule has 4 rings (SSSR count). The average molecular weight is 598 g/mol. The Balaban J connectivity index is 1.77. The van der Waals surface area contributed by atoms with Crippen LogP contribution in [-0.2, 0) is 32.6 Å². The Kier molecular flexibility index (Phi) is 10.7. The van der Waals surface area contributed by atoms with Gasteiger partial charge in [0.2, 0.25) is 11.8 Å². The molecular weight excluding hydrogens is 558 g/mol. The first-order valence-corrected chi connectivity index (χ1v) is 15.9. The molecule has 224 valence electrons. The number of aryl methyl sites for hydroxylation is 1. The molecule has 0 radical (unpaired) electrons. The first-order valence-electron chi connectivity index (χ1n) is 14.5. The number of hydrogen-bond acceptors (Lipinski definition) is 4. The lowest BCUT2D eigenvalue weighted by Gasteiger charge is -2.34. The zero-order valence-electron chi connectivity index (χ0n) is 24.9. The van der Waals surface area contributed by atoms with Crippen molar-refractivity contribution in [1.29, 1.82) is 0 Å². The largest absolute Gasteiger partial charge is 0.352 e. The molecule has 2 atom stereocenters. The van der Waals surface area contributed by atoms with E-state index in [4.69, 9.17) is 0 Å². The fourth-order valence-electron chi connectivity index (χ4n) is 4.74. The molecule has 1 N–H and O–H groups in total. The Hall–Kier alpha value is -4.43. The van der Waals surface area contributed by atoms with E-state index in [2.05, 4.69) is 5.32 Å². The highest BCUT2D eigenvalue weighted by atomic mass is 32.2. The quantitative estimate of drug-likeness (QED) is 0.213. The maximum Gasteiger partial charge on any atom is 0.264 e. The van der Waals surface area contributed by atoms with Gasteiger partial charge in [-0.1, -0.05) is 103 Å². The average Bonchev–Trinajstić information content (AvgIpc) is 3.02. The molecule has 0 spiro atoms. The molecule has 0 saturated heterocycles. The fourth-order valence-corrected chi connectivity index (χ4v) is 6.15. The van der Waals surface area contributed by atoms with Crippen LogP contribution in [0.1, 0.15) is 37.0 Å². The maximum atomic E-state index is 14.4. The fraction of sp³-hybridized carbons (Fsp3) is 0.257. The van der Waals surface area contributed by atoms with Gasteiger partial charge in [-0.05, 0) is 55.7 Å². The predicted molar refractivity (Wildman–Crippen MR) is 171 cm³/mol. The highest BCUT2D eigenvalue weighted by molar-refractivity contribution is 7.92. The number of sulfonamides is 1. The predicted octanol–water partition coefficient (Wildman–Crippen LogP) is 5.75. The van der Waals surface area contributed by atoms with Crippen LogP contribution in [0.5, 0.6) is 0 Å². The summed E-state index contributed by atoms with van der Waals surface area (Å²) in [4.78, 5) is 29.8. The van der Waals surface area contributed by atoms with Crippen LogP contribution in [-0.4, -0.2) is 43.8 Å². The summed E-state index contributed by atoms with van der Waals surface area (Å²) in [6, 6.07) is 33.1. The second-order valence-electron chi connectivity index (χ2n) is 10.7. The molecule has 43 heavy (non-hydrogen) atoms. The van der Waals surface area contributed by atoms with E-state index in [1.165, 1.54) is 4.90 Å². The first kappa shape index (κ1) is 31.5. The van der Waals surface area contributed by atoms with Crippen LogP contribution in [0.25, 0.3) is 0 Å². The Morgan fingerprint density at radius 3 is 1.86 bits per heavy atom. The second-order valence-corrected chi connectivity index (χ2v) is 12.6. The van der Waals surface area contributed by atoms with E-state index in [-0.39, 0.29) is 29.8 Å². The van der Waals surface area contributed by atoms with E-state index in [9.17, 15) is 18.0 Å². The topological polar surface area (TPSA) is 86.8 Å². The van der Waals surface area contributed by atoms with Crippen molar-refractivity contribution in [3.63, 3.8) is 0 Å². The summed E-state index contributed by atoms with van der Waals surface area (Å²) in [5.74, 6) is -0.765. The van der Waals surface area contributed by atoms with E-state index in [1.54, 1.807) is 54.6 Å². The molecule has 0 unspecified atom stereocenters. The Labute approximate surface area is 255 Å². The second kappa shape index (κ2) is 14.6. The Bertz CT molecular complexity index is 1580. The van der Waals surface area contributed by atoms with Crippen LogP contribution in [0.15, 0.2) is 120 Å². The van der Waals surface area contributed by atoms with Gasteiger partial charge in [-0.2, -0.15) is 0 Å². The number of carbonyl (C=O) groups excluding carboxylic acids is 2. The van der Waals surface area contributed by atoms with Gasteiger partial charge >= 0.3 is 0 Å². The van der Waals surface area contributed by atoms with Crippen LogP contribution in [0.3, 0.4) is 0 Å². The number of anilines is 1. The molecular formula is C35H39N3O4S. The Morgan fingerprint density at radius 2 is 1.30 bits per heavy atom. The standard InChI is InChI=1S/C35H39N3O4S/c1-4-28(3)36-35(40)33(24-29-14-8-5-9-15-29)37(25-30-16-10-6-11-17-30)34(39)26-38(31-18-12-7-13-19-31)43(41,42)32-22-20-27(2)21-23-32/h5-23,28,33H,4,24-26H2,1-3H3,(H,36,40)/t28-,33+/m0/s1. The summed E-state index contributed by atoms with van der Waals surface area (Å²) in [5.41, 5.74) is 3.01. The van der Waals surface area contributed by atoms with E-state index < -0.39 is 28.5 Å². The van der Waals surface area contributed by atoms with Crippen molar-refractivity contribution in [2.75, 3.05) is 10.8 Å². The van der Waals surface area contributed by atoms with Crippen LogP contribution in [0.2, 0.25) is 0 Å². The third kappa shape index (κ3) is 8.32. The van der Waals surface area contributed by atoms with Crippen molar-refractivity contribution in [3.8, 4) is 0 Å². The first-order chi connectivity index (χ1) is 20.7. The number of nitrogens with one attached hydrogen (secondary N) is 1. The van der Waals surface area contributed by atoms with Crippen LogP contribution < -0.4 is 9.62 Å². The summed E-state index contributed by atoms with van der Waals surface area (Å²) >= 11 is 0. The number of rotatable bonds is 13. The summed E-state index contributed by atoms with van der Waals surface area (Å²) in [7, 11) is -4.11. The molecule has 4 aromatic rings. The minimum Gasteiger partial charge on any atom is -0.352 e. The van der Waals surface area contributed by atoms with E-state index in [1.807, 2.05) is 81.4 Å². The van der Waals surface area contributed by atoms with Gasteiger partial charge in [0.1, 0.15) is 12.6 Å². The van der Waals surface area contributed by atoms with Crippen LogP contribution >= 0.6 is 0 Å². The molecule has 0 aliphatic heterocycles. The lowest BCUT2D eigenvalue weighted by molar-refractivity contribution is -0.140. The molecule has 0 heterocycles. The van der Waals surface area contributed by atoms with Crippen molar-refractivity contribution < 1.29 is 18.0 Å². The summed E-state index contributed by atoms with van der Waals surface area (Å²) < 4.78 is 29.2. The monoisotopic (exact) mass is 597 g/mol. The lowest BCUT2D eigenvalue weighted by Crippen LogP contribution is -2.54. The van der Waals surface area contributed by atoms with E-state index in [0.717, 1.165) is 27.4 Å². The van der Waals surface area contributed by atoms with Gasteiger partial charge in [-0.3, -0.25) is 13.9 Å². The Morgan fingerprint density at radius 1 is 0.767 bits per heavy atom. The SMILES string of the molecule is CC[C@H](C)NC(=O)[C@@H](Cc1ccccc1)N(Cc1ccccc1)C(=O)CN(c1ccccc1)S(=O)(=O)c1ccc(C)cc1. The normalized spacial score (nSPS) is 12.6. The molecule has 8 heteroatoms. The van der Waals surface area contributed by atoms with Crippen molar-refractivity contribution in [2.45, 2.75) is 57.1 Å². The third-order valence-electron chi connectivity index (χ3n) is 7.40. The number of para-hydroxylation sites is 1. The molecule has 0 saturated carbocycles. The number of nitrogens with zero attached hydrogens (tertiary/aromatic N) is 2.